The van der Waals surface area contributed by atoms with Crippen LogP contribution in [-0.4, -0.2) is 83.5 Å². The number of esters is 1. The second-order valence-electron chi connectivity index (χ2n) is 11.7. The van der Waals surface area contributed by atoms with Gasteiger partial charge in [0.05, 0.1) is 37.4 Å². The van der Waals surface area contributed by atoms with E-state index in [9.17, 15) is 14.4 Å². The predicted octanol–water partition coefficient (Wildman–Crippen LogP) is 3.50. The molecule has 1 aliphatic carbocycles. The fraction of sp³-hybridized carbons (Fsp3) is 0.552. The first-order chi connectivity index (χ1) is 19.9. The van der Waals surface area contributed by atoms with Gasteiger partial charge in [0.15, 0.2) is 5.69 Å². The number of alkyl carbamates (subject to hydrolysis) is 1. The minimum atomic E-state index is -3.59. The second-order valence-corrected chi connectivity index (χ2v) is 11.7. The van der Waals surface area contributed by atoms with Crippen molar-refractivity contribution in [3.63, 3.8) is 0 Å². The largest absolute Gasteiger partial charge is 0.471 e. The van der Waals surface area contributed by atoms with Gasteiger partial charge in [-0.25, -0.2) is 19.6 Å². The molecule has 1 saturated heterocycles. The molecule has 2 amide bonds. The van der Waals surface area contributed by atoms with Crippen LogP contribution in [0.3, 0.4) is 0 Å². The summed E-state index contributed by atoms with van der Waals surface area (Å²) >= 11 is 0. The summed E-state index contributed by atoms with van der Waals surface area (Å²) in [6, 6.07) is 4.38. The third-order valence-corrected chi connectivity index (χ3v) is 7.67. The number of methoxy groups -OCH3 is 1. The quantitative estimate of drug-likeness (QED) is 0.393. The molecule has 0 spiro atoms. The van der Waals surface area contributed by atoms with Crippen molar-refractivity contribution in [2.45, 2.75) is 76.4 Å². The molecule has 3 aliphatic rings. The molecule has 0 unspecified atom stereocenters. The van der Waals surface area contributed by atoms with Gasteiger partial charge < -0.3 is 29.2 Å². The Kier molecular flexibility index (Phi) is 8.06. The molecule has 13 heteroatoms. The molecule has 42 heavy (non-hydrogen) atoms. The van der Waals surface area contributed by atoms with Crippen molar-refractivity contribution in [3.05, 3.63) is 42.1 Å². The summed E-state index contributed by atoms with van der Waals surface area (Å²) in [7, 11) is 1.19. The minimum absolute atomic E-state index is 0.0489. The highest BCUT2D eigenvalue weighted by Gasteiger charge is 2.48. The molecule has 3 heterocycles. The van der Waals surface area contributed by atoms with Crippen LogP contribution in [-0.2, 0) is 29.7 Å². The summed E-state index contributed by atoms with van der Waals surface area (Å²) in [6.07, 6.45) is 0.0905. The number of fused-ring (bicyclic) bond motifs is 5. The molecule has 1 N–H and O–H groups in total. The van der Waals surface area contributed by atoms with Crippen LogP contribution in [0.4, 0.5) is 13.6 Å². The molecule has 2 bridgehead atoms. The smallest absolute Gasteiger partial charge is 0.408 e. The molecule has 2 fully saturated rings. The maximum atomic E-state index is 15.6. The van der Waals surface area contributed by atoms with Crippen LogP contribution in [0.15, 0.2) is 36.4 Å². The van der Waals surface area contributed by atoms with Gasteiger partial charge in [-0.3, -0.25) is 4.79 Å². The summed E-state index contributed by atoms with van der Waals surface area (Å²) in [5.74, 6) is -5.28. The normalized spacial score (nSPS) is 29.0. The number of hydrogen-bond donors (Lipinski definition) is 1. The Morgan fingerprint density at radius 3 is 2.43 bits per heavy atom. The number of alkyl halides is 2. The van der Waals surface area contributed by atoms with Crippen molar-refractivity contribution >= 4 is 29.0 Å². The molecule has 0 radical (unpaired) electrons. The van der Waals surface area contributed by atoms with E-state index in [4.69, 9.17) is 18.9 Å². The zero-order chi connectivity index (χ0) is 30.2. The van der Waals surface area contributed by atoms with Gasteiger partial charge in [-0.2, -0.15) is 8.78 Å². The lowest BCUT2D eigenvalue weighted by Crippen LogP contribution is -2.58. The molecule has 11 nitrogen and oxygen atoms in total. The molecule has 2 aliphatic heterocycles. The van der Waals surface area contributed by atoms with Crippen molar-refractivity contribution in [1.82, 2.24) is 20.2 Å². The Labute approximate surface area is 241 Å². The van der Waals surface area contributed by atoms with E-state index < -0.39 is 71.3 Å². The third kappa shape index (κ3) is 6.01. The number of ether oxygens (including phenoxy) is 4. The Morgan fingerprint density at radius 2 is 1.79 bits per heavy atom. The standard InChI is InChI=1S/C29H34F2N4O7/c1-28(2,3)23-25(36)35-15-16(14-19(35)26(37)39-4)41-24-22(32-17-8-5-6-9-18(17)33-24)29(30,31)12-7-13-40-20-10-11-21(20)42-27(38)34-23/h5-9,12,16,19-21,23H,10-11,13-15H2,1-4H3,(H,34,38)/b12-7+/t16-,19+,20-,21-,23-/m1/s1. The summed E-state index contributed by atoms with van der Waals surface area (Å²) in [5.41, 5.74) is -0.901. The van der Waals surface area contributed by atoms with Gasteiger partial charge in [-0.1, -0.05) is 39.0 Å². The fourth-order valence-electron chi connectivity index (χ4n) is 5.25. The summed E-state index contributed by atoms with van der Waals surface area (Å²) in [6.45, 7) is 5.00. The molecule has 1 saturated carbocycles. The number of hydrogen-bond acceptors (Lipinski definition) is 9. The van der Waals surface area contributed by atoms with E-state index >= 15 is 8.78 Å². The van der Waals surface area contributed by atoms with Gasteiger partial charge in [-0.05, 0) is 36.5 Å². The Morgan fingerprint density at radius 1 is 1.10 bits per heavy atom. The first-order valence-electron chi connectivity index (χ1n) is 13.8. The van der Waals surface area contributed by atoms with E-state index in [1.165, 1.54) is 18.1 Å². The van der Waals surface area contributed by atoms with Crippen molar-refractivity contribution in [2.75, 3.05) is 20.3 Å². The number of aromatic nitrogens is 2. The molecule has 1 aromatic heterocycles. The van der Waals surface area contributed by atoms with Crippen molar-refractivity contribution in [3.8, 4) is 5.88 Å². The number of para-hydroxylation sites is 2. The van der Waals surface area contributed by atoms with Crippen LogP contribution in [0.25, 0.3) is 11.0 Å². The van der Waals surface area contributed by atoms with Crippen LogP contribution in [0.5, 0.6) is 5.88 Å². The number of carbonyl (C=O) groups is 3. The average Bonchev–Trinajstić information content (AvgIpc) is 3.35. The molecule has 2 aromatic rings. The van der Waals surface area contributed by atoms with Gasteiger partial charge in [0.1, 0.15) is 24.3 Å². The number of nitrogens with zero attached hydrogens (tertiary/aromatic N) is 3. The molecule has 5 rings (SSSR count). The molecule has 1 aromatic carbocycles. The minimum Gasteiger partial charge on any atom is -0.471 e. The van der Waals surface area contributed by atoms with Crippen LogP contribution in [0.2, 0.25) is 0 Å². The summed E-state index contributed by atoms with van der Waals surface area (Å²) in [5, 5.41) is 2.67. The number of allylic oxidation sites excluding steroid dienone is 1. The monoisotopic (exact) mass is 588 g/mol. The fourth-order valence-corrected chi connectivity index (χ4v) is 5.25. The van der Waals surface area contributed by atoms with Crippen LogP contribution in [0.1, 0.15) is 45.7 Å². The summed E-state index contributed by atoms with van der Waals surface area (Å²) in [4.78, 5) is 49.3. The van der Waals surface area contributed by atoms with Gasteiger partial charge in [-0.15, -0.1) is 0 Å². The van der Waals surface area contributed by atoms with Gasteiger partial charge >= 0.3 is 18.0 Å². The van der Waals surface area contributed by atoms with E-state index in [1.54, 1.807) is 45.0 Å². The number of nitrogens with one attached hydrogen (secondary N) is 1. The van der Waals surface area contributed by atoms with Crippen LogP contribution in [0, 0.1) is 5.41 Å². The maximum absolute atomic E-state index is 15.6. The maximum Gasteiger partial charge on any atom is 0.408 e. The lowest BCUT2D eigenvalue weighted by Gasteiger charge is -2.37. The molecule has 5 atom stereocenters. The van der Waals surface area contributed by atoms with E-state index in [1.807, 2.05) is 0 Å². The van der Waals surface area contributed by atoms with Crippen molar-refractivity contribution < 1.29 is 42.1 Å². The van der Waals surface area contributed by atoms with Crippen molar-refractivity contribution in [1.29, 1.82) is 0 Å². The van der Waals surface area contributed by atoms with E-state index in [0.717, 1.165) is 0 Å². The number of carbonyl (C=O) groups excluding carboxylic acids is 3. The molecular formula is C29H34F2N4O7. The van der Waals surface area contributed by atoms with Gasteiger partial charge in [0, 0.05) is 6.42 Å². The lowest BCUT2D eigenvalue weighted by molar-refractivity contribution is -0.152. The summed E-state index contributed by atoms with van der Waals surface area (Å²) < 4.78 is 53.4. The SMILES string of the molecule is COC(=O)[C@@H]1C[C@@H]2CN1C(=O)[C@H](C(C)(C)C)NC(=O)O[C@@H]1CC[C@H]1OC/C=C/C(F)(F)c1nc3ccccc3nc1O2. The Balaban J connectivity index is 1.56. The van der Waals surface area contributed by atoms with Gasteiger partial charge in [0.25, 0.3) is 0 Å². The predicted molar refractivity (Wildman–Crippen MR) is 145 cm³/mol. The highest BCUT2D eigenvalue weighted by Crippen LogP contribution is 2.37. The Hall–Kier alpha value is -3.87. The number of rotatable bonds is 1. The molecule has 226 valence electrons. The highest BCUT2D eigenvalue weighted by molar-refractivity contribution is 5.91. The number of amides is 2. The van der Waals surface area contributed by atoms with Crippen LogP contribution < -0.4 is 10.1 Å². The topological polar surface area (TPSA) is 129 Å². The number of benzene rings is 1. The average molecular weight is 589 g/mol. The zero-order valence-electron chi connectivity index (χ0n) is 23.8. The van der Waals surface area contributed by atoms with Gasteiger partial charge in [0.2, 0.25) is 11.8 Å². The Bertz CT molecular complexity index is 1400. The molecular weight excluding hydrogens is 554 g/mol. The van der Waals surface area contributed by atoms with Crippen molar-refractivity contribution in [2.24, 2.45) is 5.41 Å². The van der Waals surface area contributed by atoms with Crippen LogP contribution >= 0.6 is 0 Å². The third-order valence-electron chi connectivity index (χ3n) is 7.67. The first-order valence-corrected chi connectivity index (χ1v) is 13.8. The second kappa shape index (κ2) is 11.4. The van der Waals surface area contributed by atoms with E-state index in [0.29, 0.717) is 24.4 Å². The lowest BCUT2D eigenvalue weighted by atomic mass is 9.85. The van der Waals surface area contributed by atoms with E-state index in [-0.39, 0.29) is 25.1 Å². The first kappa shape index (κ1) is 29.6. The van der Waals surface area contributed by atoms with E-state index in [2.05, 4.69) is 15.3 Å². The highest BCUT2D eigenvalue weighted by atomic mass is 19.3. The number of halogens is 2. The zero-order valence-corrected chi connectivity index (χ0v) is 23.8.